The van der Waals surface area contributed by atoms with Gasteiger partial charge in [0, 0.05) is 37.5 Å². The number of nitrogens with zero attached hydrogens (tertiary/aromatic N) is 1. The number of carbonyl (C=O) groups excluding carboxylic acids is 1. The zero-order valence-electron chi connectivity index (χ0n) is 17.3. The minimum Gasteiger partial charge on any atom is -0.354 e. The summed E-state index contributed by atoms with van der Waals surface area (Å²) in [6, 6.07) is 7.63. The molecule has 0 aliphatic carbocycles. The van der Waals surface area contributed by atoms with Gasteiger partial charge in [0.25, 0.3) is 0 Å². The summed E-state index contributed by atoms with van der Waals surface area (Å²) in [6.07, 6.45) is 2.54. The first kappa shape index (κ1) is 26.6. The Bertz CT molecular complexity index is 753. The van der Waals surface area contributed by atoms with Crippen molar-refractivity contribution in [3.8, 4) is 0 Å². The molecule has 0 aliphatic heterocycles. The Morgan fingerprint density at radius 3 is 2.50 bits per heavy atom. The summed E-state index contributed by atoms with van der Waals surface area (Å²) in [6.45, 7) is 6.34. The Labute approximate surface area is 186 Å². The summed E-state index contributed by atoms with van der Waals surface area (Å²) in [5.74, 6) is 0.726. The van der Waals surface area contributed by atoms with E-state index in [1.165, 1.54) is 6.26 Å². The van der Waals surface area contributed by atoms with Crippen molar-refractivity contribution >= 4 is 51.4 Å². The number of guanidine groups is 1. The molecule has 0 spiro atoms. The second-order valence-corrected chi connectivity index (χ2v) is 9.15. The van der Waals surface area contributed by atoms with Gasteiger partial charge in [-0.05, 0) is 37.5 Å². The van der Waals surface area contributed by atoms with Gasteiger partial charge in [-0.25, -0.2) is 8.42 Å². The number of benzene rings is 1. The molecule has 1 rings (SSSR count). The highest BCUT2D eigenvalue weighted by Crippen LogP contribution is 2.13. The molecule has 0 saturated carbocycles. The lowest BCUT2D eigenvalue weighted by Gasteiger charge is -2.18. The molecule has 0 fully saturated rings. The van der Waals surface area contributed by atoms with Crippen LogP contribution in [0.2, 0.25) is 0 Å². The number of carbonyl (C=O) groups is 1. The number of hydrogen-bond donors (Lipinski definition) is 3. The van der Waals surface area contributed by atoms with Crippen LogP contribution in [0, 0.1) is 5.92 Å². The number of sulfone groups is 1. The lowest BCUT2D eigenvalue weighted by molar-refractivity contribution is -0.119. The molecular formula is C19H33IN4O3S. The van der Waals surface area contributed by atoms with Crippen molar-refractivity contribution in [2.75, 3.05) is 24.4 Å². The maximum Gasteiger partial charge on any atom is 0.227 e. The molecule has 0 radical (unpaired) electrons. The van der Waals surface area contributed by atoms with Crippen LogP contribution in [0.15, 0.2) is 29.3 Å². The Morgan fingerprint density at radius 2 is 1.93 bits per heavy atom. The predicted octanol–water partition coefficient (Wildman–Crippen LogP) is 2.78. The van der Waals surface area contributed by atoms with Crippen molar-refractivity contribution in [2.24, 2.45) is 10.9 Å². The van der Waals surface area contributed by atoms with E-state index >= 15 is 0 Å². The lowest BCUT2D eigenvalue weighted by atomic mass is 10.1. The van der Waals surface area contributed by atoms with Gasteiger partial charge >= 0.3 is 0 Å². The fourth-order valence-corrected chi connectivity index (χ4v) is 3.07. The molecule has 0 heterocycles. The molecule has 2 atom stereocenters. The molecule has 2 unspecified atom stereocenters. The van der Waals surface area contributed by atoms with Crippen molar-refractivity contribution in [2.45, 2.75) is 46.2 Å². The number of anilines is 1. The summed E-state index contributed by atoms with van der Waals surface area (Å²) in [5, 5.41) is 9.32. The highest BCUT2D eigenvalue weighted by Gasteiger charge is 2.11. The summed E-state index contributed by atoms with van der Waals surface area (Å²) >= 11 is 0. The minimum atomic E-state index is -2.97. The van der Waals surface area contributed by atoms with Gasteiger partial charge in [0.15, 0.2) is 5.96 Å². The van der Waals surface area contributed by atoms with Crippen molar-refractivity contribution in [1.29, 1.82) is 0 Å². The monoisotopic (exact) mass is 524 g/mol. The van der Waals surface area contributed by atoms with Gasteiger partial charge in [0.2, 0.25) is 5.91 Å². The molecule has 0 aromatic heterocycles. The number of hydrogen-bond acceptors (Lipinski definition) is 4. The Hall–Kier alpha value is -1.36. The number of amides is 1. The SMILES string of the molecule is CCC(C)C(=O)Nc1cccc(CNC(=NC)NC(C)CCS(C)(=O)=O)c1.I. The van der Waals surface area contributed by atoms with Crippen LogP contribution < -0.4 is 16.0 Å². The van der Waals surface area contributed by atoms with Crippen LogP contribution in [0.5, 0.6) is 0 Å². The summed E-state index contributed by atoms with van der Waals surface area (Å²) in [7, 11) is -1.31. The van der Waals surface area contributed by atoms with Gasteiger partial charge in [-0.3, -0.25) is 9.79 Å². The smallest absolute Gasteiger partial charge is 0.227 e. The van der Waals surface area contributed by atoms with E-state index in [4.69, 9.17) is 0 Å². The molecule has 1 aromatic rings. The molecule has 1 amide bonds. The molecule has 7 nitrogen and oxygen atoms in total. The number of aliphatic imine (C=N–C) groups is 1. The third-order valence-electron chi connectivity index (χ3n) is 4.24. The average molecular weight is 524 g/mol. The molecule has 0 saturated heterocycles. The fourth-order valence-electron chi connectivity index (χ4n) is 2.29. The number of halogens is 1. The molecular weight excluding hydrogens is 491 g/mol. The van der Waals surface area contributed by atoms with Gasteiger partial charge in [-0.2, -0.15) is 0 Å². The van der Waals surface area contributed by atoms with Gasteiger partial charge < -0.3 is 16.0 Å². The van der Waals surface area contributed by atoms with Crippen LogP contribution in [-0.4, -0.2) is 45.4 Å². The molecule has 1 aromatic carbocycles. The van der Waals surface area contributed by atoms with Crippen molar-refractivity contribution < 1.29 is 13.2 Å². The number of rotatable bonds is 9. The zero-order chi connectivity index (χ0) is 20.4. The quantitative estimate of drug-likeness (QED) is 0.262. The normalized spacial score (nSPS) is 13.8. The summed E-state index contributed by atoms with van der Waals surface area (Å²) in [5.41, 5.74) is 1.77. The molecule has 160 valence electrons. The van der Waals surface area contributed by atoms with Gasteiger partial charge in [-0.15, -0.1) is 24.0 Å². The van der Waals surface area contributed by atoms with E-state index in [0.29, 0.717) is 18.9 Å². The average Bonchev–Trinajstić information content (AvgIpc) is 2.62. The van der Waals surface area contributed by atoms with Crippen molar-refractivity contribution in [1.82, 2.24) is 10.6 Å². The molecule has 28 heavy (non-hydrogen) atoms. The highest BCUT2D eigenvalue weighted by molar-refractivity contribution is 14.0. The molecule has 0 aliphatic rings. The largest absolute Gasteiger partial charge is 0.354 e. The van der Waals surface area contributed by atoms with Crippen LogP contribution in [-0.2, 0) is 21.2 Å². The Balaban J connectivity index is 0.00000729. The third kappa shape index (κ3) is 10.8. The van der Waals surface area contributed by atoms with E-state index in [9.17, 15) is 13.2 Å². The van der Waals surface area contributed by atoms with Gasteiger partial charge in [-0.1, -0.05) is 26.0 Å². The first-order valence-corrected chi connectivity index (χ1v) is 11.2. The molecule has 0 bridgehead atoms. The third-order valence-corrected chi connectivity index (χ3v) is 5.22. The zero-order valence-corrected chi connectivity index (χ0v) is 20.4. The highest BCUT2D eigenvalue weighted by atomic mass is 127. The maximum atomic E-state index is 12.0. The van der Waals surface area contributed by atoms with Crippen molar-refractivity contribution in [3.05, 3.63) is 29.8 Å². The van der Waals surface area contributed by atoms with Crippen LogP contribution in [0.4, 0.5) is 5.69 Å². The van der Waals surface area contributed by atoms with E-state index in [-0.39, 0.29) is 47.6 Å². The van der Waals surface area contributed by atoms with E-state index in [0.717, 1.165) is 17.7 Å². The summed E-state index contributed by atoms with van der Waals surface area (Å²) in [4.78, 5) is 16.2. The predicted molar refractivity (Wildman–Crippen MR) is 127 cm³/mol. The van der Waals surface area contributed by atoms with Crippen molar-refractivity contribution in [3.63, 3.8) is 0 Å². The lowest BCUT2D eigenvalue weighted by Crippen LogP contribution is -2.42. The van der Waals surface area contributed by atoms with Gasteiger partial charge in [0.05, 0.1) is 5.75 Å². The summed E-state index contributed by atoms with van der Waals surface area (Å²) < 4.78 is 22.5. The molecule has 9 heteroatoms. The van der Waals surface area contributed by atoms with E-state index in [1.807, 2.05) is 45.0 Å². The van der Waals surface area contributed by atoms with E-state index in [2.05, 4.69) is 20.9 Å². The fraction of sp³-hybridized carbons (Fsp3) is 0.579. The molecule has 3 N–H and O–H groups in total. The first-order valence-electron chi connectivity index (χ1n) is 9.19. The minimum absolute atomic E-state index is 0. The van der Waals surface area contributed by atoms with Crippen LogP contribution in [0.25, 0.3) is 0 Å². The van der Waals surface area contributed by atoms with Gasteiger partial charge in [0.1, 0.15) is 9.84 Å². The standard InChI is InChI=1S/C19H32N4O3S.HI/c1-6-14(2)18(24)23-17-9-7-8-16(12-17)13-21-19(20-4)22-15(3)10-11-27(5,25)26;/h7-9,12,14-15H,6,10-11,13H2,1-5H3,(H,23,24)(H2,20,21,22);1H. The second kappa shape index (κ2) is 13.0. The Morgan fingerprint density at radius 1 is 1.25 bits per heavy atom. The van der Waals surface area contributed by atoms with Crippen LogP contribution in [0.1, 0.15) is 39.2 Å². The maximum absolute atomic E-state index is 12.0. The van der Waals surface area contributed by atoms with Crippen LogP contribution in [0.3, 0.4) is 0 Å². The Kier molecular flexibility index (Phi) is 12.3. The first-order chi connectivity index (χ1) is 12.6. The van der Waals surface area contributed by atoms with E-state index in [1.54, 1.807) is 7.05 Å². The second-order valence-electron chi connectivity index (χ2n) is 6.89. The van der Waals surface area contributed by atoms with E-state index < -0.39 is 9.84 Å². The van der Waals surface area contributed by atoms with Crippen LogP contribution >= 0.6 is 24.0 Å². The number of nitrogens with one attached hydrogen (secondary N) is 3. The topological polar surface area (TPSA) is 99.7 Å².